The van der Waals surface area contributed by atoms with Crippen molar-refractivity contribution in [2.24, 2.45) is 0 Å². The Morgan fingerprint density at radius 1 is 1.00 bits per heavy atom. The maximum atomic E-state index is 13.2. The van der Waals surface area contributed by atoms with Gasteiger partial charge in [0, 0.05) is 42.8 Å². The van der Waals surface area contributed by atoms with Gasteiger partial charge in [0.1, 0.15) is 23.6 Å². The van der Waals surface area contributed by atoms with Crippen LogP contribution >= 0.6 is 0 Å². The van der Waals surface area contributed by atoms with Crippen LogP contribution in [0.3, 0.4) is 0 Å². The van der Waals surface area contributed by atoms with Crippen LogP contribution in [0, 0.1) is 6.92 Å². The van der Waals surface area contributed by atoms with E-state index in [4.69, 9.17) is 4.74 Å². The fourth-order valence-electron chi connectivity index (χ4n) is 4.08. The molecule has 0 radical (unpaired) electrons. The summed E-state index contributed by atoms with van der Waals surface area (Å²) in [6.07, 6.45) is 5.82. The second kappa shape index (κ2) is 7.85. The number of nitrogens with one attached hydrogen (secondary N) is 1. The molecular weight excluding hydrogens is 390 g/mol. The zero-order chi connectivity index (χ0) is 21.4. The number of carbonyl (C=O) groups is 1. The molecule has 0 aliphatic carbocycles. The zero-order valence-corrected chi connectivity index (χ0v) is 17.4. The maximum Gasteiger partial charge on any atom is 0.183 e. The highest BCUT2D eigenvalue weighted by molar-refractivity contribution is 5.97. The van der Waals surface area contributed by atoms with Gasteiger partial charge in [0.25, 0.3) is 0 Å². The molecule has 1 unspecified atom stereocenters. The summed E-state index contributed by atoms with van der Waals surface area (Å²) >= 11 is 0. The van der Waals surface area contributed by atoms with Crippen molar-refractivity contribution in [3.63, 3.8) is 0 Å². The van der Waals surface area contributed by atoms with Crippen LogP contribution in [-0.2, 0) is 6.54 Å². The molecule has 3 heterocycles. The monoisotopic (exact) mass is 413 g/mol. The molecule has 0 saturated carbocycles. The van der Waals surface area contributed by atoms with Crippen molar-refractivity contribution >= 4 is 5.78 Å². The van der Waals surface area contributed by atoms with E-state index in [1.54, 1.807) is 19.6 Å². The van der Waals surface area contributed by atoms with E-state index in [-0.39, 0.29) is 11.8 Å². The summed E-state index contributed by atoms with van der Waals surface area (Å²) in [7, 11) is 1.64. The fourth-order valence-corrected chi connectivity index (χ4v) is 4.08. The largest absolute Gasteiger partial charge is 0.497 e. The number of aromatic nitrogens is 4. The maximum absolute atomic E-state index is 13.2. The number of fused-ring (bicyclic) bond motifs is 1. The number of benzene rings is 2. The summed E-state index contributed by atoms with van der Waals surface area (Å²) in [6, 6.07) is 15.8. The minimum atomic E-state index is -0.0658. The molecule has 1 aliphatic rings. The highest BCUT2D eigenvalue weighted by atomic mass is 16.5. The third-order valence-electron chi connectivity index (χ3n) is 5.76. The number of hydrogen-bond donors (Lipinski definition) is 1. The van der Waals surface area contributed by atoms with E-state index in [2.05, 4.69) is 39.6 Å². The number of imidazole rings is 2. The summed E-state index contributed by atoms with van der Waals surface area (Å²) in [6.45, 7) is 2.51. The first-order valence-corrected chi connectivity index (χ1v) is 10.2. The van der Waals surface area contributed by atoms with Gasteiger partial charge < -0.3 is 14.6 Å². The summed E-state index contributed by atoms with van der Waals surface area (Å²) in [5.41, 5.74) is 4.44. The van der Waals surface area contributed by atoms with Gasteiger partial charge in [-0.05, 0) is 48.9 Å². The van der Waals surface area contributed by atoms with Gasteiger partial charge >= 0.3 is 0 Å². The Balaban J connectivity index is 1.40. The number of ether oxygens (including phenoxy) is 1. The predicted octanol–water partition coefficient (Wildman–Crippen LogP) is 3.79. The van der Waals surface area contributed by atoms with Crippen LogP contribution in [0.2, 0.25) is 0 Å². The van der Waals surface area contributed by atoms with Gasteiger partial charge in [0.05, 0.1) is 12.8 Å². The molecule has 0 fully saturated rings. The van der Waals surface area contributed by atoms with Gasteiger partial charge in [0.2, 0.25) is 0 Å². The molecule has 1 atom stereocenters. The van der Waals surface area contributed by atoms with Gasteiger partial charge in [-0.1, -0.05) is 12.1 Å². The molecule has 0 bridgehead atoms. The van der Waals surface area contributed by atoms with Gasteiger partial charge in [0.15, 0.2) is 5.78 Å². The lowest BCUT2D eigenvalue weighted by molar-refractivity contribution is 0.0966. The van der Waals surface area contributed by atoms with Crippen LogP contribution in [0.5, 0.6) is 5.75 Å². The van der Waals surface area contributed by atoms with Crippen LogP contribution in [0.25, 0.3) is 11.4 Å². The Hall–Kier alpha value is -3.71. The molecule has 7 nitrogen and oxygen atoms in total. The van der Waals surface area contributed by atoms with Gasteiger partial charge in [-0.25, -0.2) is 9.97 Å². The minimum Gasteiger partial charge on any atom is -0.497 e. The van der Waals surface area contributed by atoms with Crippen LogP contribution < -0.4 is 10.1 Å². The van der Waals surface area contributed by atoms with Crippen molar-refractivity contribution in [1.29, 1.82) is 0 Å². The average Bonchev–Trinajstić information content (AvgIpc) is 3.39. The van der Waals surface area contributed by atoms with Crippen molar-refractivity contribution in [2.45, 2.75) is 25.9 Å². The third-order valence-corrected chi connectivity index (χ3v) is 5.76. The van der Waals surface area contributed by atoms with E-state index in [9.17, 15) is 4.79 Å². The van der Waals surface area contributed by atoms with Crippen molar-refractivity contribution in [1.82, 2.24) is 24.4 Å². The lowest BCUT2D eigenvalue weighted by atomic mass is 10.0. The van der Waals surface area contributed by atoms with Crippen molar-refractivity contribution < 1.29 is 9.53 Å². The summed E-state index contributed by atoms with van der Waals surface area (Å²) in [5, 5.41) is 3.50. The smallest absolute Gasteiger partial charge is 0.183 e. The molecule has 0 spiro atoms. The molecule has 2 aromatic carbocycles. The molecule has 156 valence electrons. The summed E-state index contributed by atoms with van der Waals surface area (Å²) in [5.74, 6) is 1.79. The first-order valence-electron chi connectivity index (χ1n) is 10.2. The lowest BCUT2D eigenvalue weighted by Gasteiger charge is -2.16. The van der Waals surface area contributed by atoms with E-state index >= 15 is 0 Å². The lowest BCUT2D eigenvalue weighted by Crippen LogP contribution is -2.20. The zero-order valence-electron chi connectivity index (χ0n) is 17.4. The third kappa shape index (κ3) is 3.53. The molecule has 7 heteroatoms. The molecule has 0 saturated heterocycles. The summed E-state index contributed by atoms with van der Waals surface area (Å²) in [4.78, 5) is 22.0. The predicted molar refractivity (Wildman–Crippen MR) is 117 cm³/mol. The van der Waals surface area contributed by atoms with E-state index in [0.29, 0.717) is 18.7 Å². The Bertz CT molecular complexity index is 1220. The number of hydrogen-bond acceptors (Lipinski definition) is 5. The number of ketones is 1. The SMILES string of the molecule is COc1ccc(-n2cnc3c2C(=O)CC(c2ccc(-n4ccnc4C)cc2)NC3)cc1. The first-order chi connectivity index (χ1) is 15.1. The highest BCUT2D eigenvalue weighted by Gasteiger charge is 2.27. The van der Waals surface area contributed by atoms with Gasteiger partial charge in [-0.3, -0.25) is 9.36 Å². The van der Waals surface area contributed by atoms with Crippen LogP contribution in [0.4, 0.5) is 0 Å². The number of methoxy groups -OCH3 is 1. The second-order valence-corrected chi connectivity index (χ2v) is 7.60. The molecule has 1 N–H and O–H groups in total. The minimum absolute atomic E-state index is 0.0658. The summed E-state index contributed by atoms with van der Waals surface area (Å²) < 4.78 is 9.14. The number of carbonyl (C=O) groups excluding carboxylic acids is 1. The normalized spacial score (nSPS) is 16.1. The average molecular weight is 413 g/mol. The molecule has 31 heavy (non-hydrogen) atoms. The number of nitrogens with zero attached hydrogens (tertiary/aromatic N) is 4. The van der Waals surface area contributed by atoms with E-state index < -0.39 is 0 Å². The molecular formula is C24H23N5O2. The molecule has 4 aromatic rings. The quantitative estimate of drug-likeness (QED) is 0.551. The molecule has 0 amide bonds. The Morgan fingerprint density at radius 2 is 1.71 bits per heavy atom. The standard InChI is InChI=1S/C24H23N5O2/c1-16-25-11-12-28(16)18-5-3-17(4-6-18)21-13-23(30)24-22(14-26-21)27-15-29(24)19-7-9-20(31-2)10-8-19/h3-12,15,21,26H,13-14H2,1-2H3. The Labute approximate surface area is 180 Å². The molecule has 1 aliphatic heterocycles. The van der Waals surface area contributed by atoms with E-state index in [1.165, 1.54) is 0 Å². The van der Waals surface area contributed by atoms with Crippen LogP contribution in [-0.4, -0.2) is 32.0 Å². The van der Waals surface area contributed by atoms with Gasteiger partial charge in [-0.15, -0.1) is 0 Å². The molecule has 5 rings (SSSR count). The van der Waals surface area contributed by atoms with Crippen LogP contribution in [0.15, 0.2) is 67.3 Å². The second-order valence-electron chi connectivity index (χ2n) is 7.60. The topological polar surface area (TPSA) is 74.0 Å². The Kier molecular flexibility index (Phi) is 4.88. The number of aryl methyl sites for hydroxylation is 1. The van der Waals surface area contributed by atoms with Crippen molar-refractivity contribution in [2.75, 3.05) is 7.11 Å². The van der Waals surface area contributed by atoms with Crippen molar-refractivity contribution in [3.8, 4) is 17.1 Å². The van der Waals surface area contributed by atoms with E-state index in [1.807, 2.05) is 46.5 Å². The fraction of sp³-hybridized carbons (Fsp3) is 0.208. The highest BCUT2D eigenvalue weighted by Crippen LogP contribution is 2.28. The van der Waals surface area contributed by atoms with E-state index in [0.717, 1.165) is 34.2 Å². The van der Waals surface area contributed by atoms with Crippen LogP contribution in [0.1, 0.15) is 40.0 Å². The number of rotatable bonds is 4. The Morgan fingerprint density at radius 3 is 2.39 bits per heavy atom. The van der Waals surface area contributed by atoms with Crippen molar-refractivity contribution in [3.05, 3.63) is 90.0 Å². The van der Waals surface area contributed by atoms with Gasteiger partial charge in [-0.2, -0.15) is 0 Å². The number of Topliss-reactive ketones (excluding diaryl/α,β-unsaturated/α-hetero) is 1. The molecule has 2 aromatic heterocycles. The first kappa shape index (κ1) is 19.3.